The number of hydrogen-bond acceptors (Lipinski definition) is 1. The molecule has 0 aliphatic carbocycles. The van der Waals surface area contributed by atoms with E-state index >= 15 is 0 Å². The van der Waals surface area contributed by atoms with E-state index in [9.17, 15) is 0 Å². The van der Waals surface area contributed by atoms with Crippen molar-refractivity contribution in [2.45, 2.75) is 0 Å². The molecule has 0 fully saturated rings. The number of halogens is 3. The second-order valence-corrected chi connectivity index (χ2v) is 8.62. The molecule has 0 amide bonds. The average molecular weight is 204 g/mol. The molecule has 2 nitrogen and oxygen atoms in total. The summed E-state index contributed by atoms with van der Waals surface area (Å²) >= 11 is 16.7. The third-order valence-electron chi connectivity index (χ3n) is 0.752. The predicted molar refractivity (Wildman–Crippen MR) is 42.1 cm³/mol. The first-order chi connectivity index (χ1) is 4.11. The van der Waals surface area contributed by atoms with Crippen LogP contribution < -0.4 is 0 Å². The van der Waals surface area contributed by atoms with Gasteiger partial charge in [0, 0.05) is 6.20 Å². The van der Waals surface area contributed by atoms with Crippen molar-refractivity contribution in [2.24, 2.45) is 0 Å². The Morgan fingerprint density at radius 2 is 2.00 bits per heavy atom. The molecule has 6 heteroatoms. The molecule has 0 aliphatic rings. The third-order valence-corrected chi connectivity index (χ3v) is 3.08. The Bertz CT molecular complexity index is 179. The van der Waals surface area contributed by atoms with Crippen LogP contribution in [0.5, 0.6) is 0 Å². The molecular formula is C3H3Cl3N2P+. The minimum Gasteiger partial charge on any atom is -0.241 e. The molecule has 1 heterocycles. The molecule has 0 unspecified atom stereocenters. The van der Waals surface area contributed by atoms with Crippen LogP contribution >= 0.6 is 39.2 Å². The zero-order valence-electron chi connectivity index (χ0n) is 4.21. The number of nitrogens with zero attached hydrogens (tertiary/aromatic N) is 2. The molecule has 1 aromatic rings. The highest BCUT2D eigenvalue weighted by Crippen LogP contribution is 2.74. The van der Waals surface area contributed by atoms with E-state index in [1.165, 1.54) is 10.7 Å². The van der Waals surface area contributed by atoms with E-state index in [0.29, 0.717) is 0 Å². The fourth-order valence-corrected chi connectivity index (χ4v) is 1.58. The first-order valence-corrected chi connectivity index (χ1v) is 6.53. The van der Waals surface area contributed by atoms with Crippen molar-refractivity contribution in [1.29, 1.82) is 0 Å². The van der Waals surface area contributed by atoms with Crippen LogP contribution in [0.1, 0.15) is 0 Å². The molecule has 1 rings (SSSR count). The van der Waals surface area contributed by atoms with Crippen LogP contribution in [0.2, 0.25) is 0 Å². The smallest absolute Gasteiger partial charge is 0.241 e. The Labute approximate surface area is 67.5 Å². The zero-order chi connectivity index (χ0) is 6.91. The summed E-state index contributed by atoms with van der Waals surface area (Å²) in [5, 5.41) is 0. The van der Waals surface area contributed by atoms with Crippen LogP contribution in [0.25, 0.3) is 0 Å². The van der Waals surface area contributed by atoms with Gasteiger partial charge in [-0.3, -0.25) is 0 Å². The van der Waals surface area contributed by atoms with Crippen molar-refractivity contribution in [1.82, 2.24) is 9.32 Å². The largest absolute Gasteiger partial charge is 0.404 e. The summed E-state index contributed by atoms with van der Waals surface area (Å²) in [7, 11) is 0. The summed E-state index contributed by atoms with van der Waals surface area (Å²) in [4.78, 5) is 3.73. The number of rotatable bonds is 1. The fraction of sp³-hybridized carbons (Fsp3) is 0. The average Bonchev–Trinajstić information content (AvgIpc) is 2.08. The summed E-state index contributed by atoms with van der Waals surface area (Å²) in [5.74, 6) is 0. The normalized spacial score (nSPS) is 11.9. The molecule has 0 N–H and O–H groups in total. The lowest BCUT2D eigenvalue weighted by Gasteiger charge is -1.96. The quantitative estimate of drug-likeness (QED) is 0.643. The van der Waals surface area contributed by atoms with E-state index in [1.54, 1.807) is 12.4 Å². The van der Waals surface area contributed by atoms with Gasteiger partial charge in [0.1, 0.15) is 6.33 Å². The Kier molecular flexibility index (Phi) is 2.23. The fourth-order valence-electron chi connectivity index (χ4n) is 0.386. The lowest BCUT2D eigenvalue weighted by atomic mass is 11.0. The Hall–Kier alpha value is 0.510. The Morgan fingerprint density at radius 3 is 2.22 bits per heavy atom. The molecule has 0 atom stereocenters. The van der Waals surface area contributed by atoms with Crippen molar-refractivity contribution in [3.05, 3.63) is 18.7 Å². The maximum atomic E-state index is 5.56. The number of hydrogen-bond donors (Lipinski definition) is 0. The van der Waals surface area contributed by atoms with Crippen LogP contribution in [0.4, 0.5) is 0 Å². The highest BCUT2D eigenvalue weighted by molar-refractivity contribution is 8.31. The van der Waals surface area contributed by atoms with Gasteiger partial charge >= 0.3 is 5.47 Å². The summed E-state index contributed by atoms with van der Waals surface area (Å²) in [6.45, 7) is 0. The maximum absolute atomic E-state index is 5.56. The Morgan fingerprint density at radius 1 is 1.33 bits per heavy atom. The van der Waals surface area contributed by atoms with Gasteiger partial charge in [-0.25, -0.2) is 4.98 Å². The van der Waals surface area contributed by atoms with Crippen LogP contribution in [0, 0.1) is 0 Å². The van der Waals surface area contributed by atoms with Crippen LogP contribution in [0.15, 0.2) is 18.7 Å². The van der Waals surface area contributed by atoms with Gasteiger partial charge in [0.15, 0.2) is 33.7 Å². The van der Waals surface area contributed by atoms with Crippen molar-refractivity contribution < 1.29 is 0 Å². The summed E-state index contributed by atoms with van der Waals surface area (Å²) < 4.78 is 1.48. The summed E-state index contributed by atoms with van der Waals surface area (Å²) in [6, 6.07) is 0. The van der Waals surface area contributed by atoms with Gasteiger partial charge in [0.2, 0.25) is 0 Å². The summed E-state index contributed by atoms with van der Waals surface area (Å²) in [5.41, 5.74) is -2.45. The Balaban J connectivity index is 2.90. The lowest BCUT2D eigenvalue weighted by molar-refractivity contribution is 1.22. The summed E-state index contributed by atoms with van der Waals surface area (Å²) in [6.07, 6.45) is 4.68. The maximum Gasteiger partial charge on any atom is 0.404 e. The predicted octanol–water partition coefficient (Wildman–Crippen LogP) is 3.13. The van der Waals surface area contributed by atoms with E-state index in [1.807, 2.05) is 0 Å². The van der Waals surface area contributed by atoms with E-state index in [2.05, 4.69) is 4.98 Å². The van der Waals surface area contributed by atoms with Gasteiger partial charge < -0.3 is 0 Å². The highest BCUT2D eigenvalue weighted by Gasteiger charge is 2.34. The second-order valence-electron chi connectivity index (χ2n) is 1.36. The number of aromatic nitrogens is 2. The second kappa shape index (κ2) is 2.63. The van der Waals surface area contributed by atoms with E-state index in [4.69, 9.17) is 33.7 Å². The minimum absolute atomic E-state index is 1.48. The van der Waals surface area contributed by atoms with Crippen molar-refractivity contribution in [3.8, 4) is 0 Å². The van der Waals surface area contributed by atoms with Crippen LogP contribution in [0.3, 0.4) is 0 Å². The molecule has 0 saturated carbocycles. The lowest BCUT2D eigenvalue weighted by Crippen LogP contribution is -1.80. The molecule has 0 aliphatic heterocycles. The minimum atomic E-state index is -2.45. The monoisotopic (exact) mass is 203 g/mol. The van der Waals surface area contributed by atoms with Crippen LogP contribution in [-0.4, -0.2) is 9.32 Å². The van der Waals surface area contributed by atoms with Crippen molar-refractivity contribution >= 4 is 39.2 Å². The zero-order valence-corrected chi connectivity index (χ0v) is 7.37. The third kappa shape index (κ3) is 1.98. The van der Waals surface area contributed by atoms with Gasteiger partial charge in [-0.1, -0.05) is 0 Å². The van der Waals surface area contributed by atoms with Gasteiger partial charge in [-0.05, 0) is 0 Å². The first kappa shape index (κ1) is 7.62. The molecule has 0 spiro atoms. The van der Waals surface area contributed by atoms with Gasteiger partial charge in [-0.15, -0.1) is 0 Å². The standard InChI is InChI=1S/C3H3Cl3N2P/c4-9(5,6)8-2-1-7-3-8/h1-3H/q+1. The molecule has 9 heavy (non-hydrogen) atoms. The van der Waals surface area contributed by atoms with E-state index in [0.717, 1.165) is 0 Å². The van der Waals surface area contributed by atoms with Gasteiger partial charge in [0.05, 0.1) is 6.20 Å². The van der Waals surface area contributed by atoms with Crippen molar-refractivity contribution in [3.63, 3.8) is 0 Å². The van der Waals surface area contributed by atoms with Crippen LogP contribution in [-0.2, 0) is 0 Å². The molecule has 0 radical (unpaired) electrons. The first-order valence-electron chi connectivity index (χ1n) is 2.07. The topological polar surface area (TPSA) is 17.8 Å². The van der Waals surface area contributed by atoms with Crippen molar-refractivity contribution in [2.75, 3.05) is 0 Å². The highest BCUT2D eigenvalue weighted by atomic mass is 36.1. The van der Waals surface area contributed by atoms with Gasteiger partial charge in [-0.2, -0.15) is 4.34 Å². The molecular weight excluding hydrogens is 201 g/mol. The van der Waals surface area contributed by atoms with E-state index in [-0.39, 0.29) is 0 Å². The number of imidazole rings is 1. The van der Waals surface area contributed by atoms with E-state index < -0.39 is 5.47 Å². The molecule has 0 bridgehead atoms. The molecule has 1 aromatic heterocycles. The molecule has 0 saturated heterocycles. The SMILES string of the molecule is Cl[P+](Cl)(Cl)n1ccnc1. The molecule has 50 valence electrons. The van der Waals surface area contributed by atoms with Gasteiger partial charge in [0.25, 0.3) is 0 Å². The molecule has 0 aromatic carbocycles.